The van der Waals surface area contributed by atoms with E-state index >= 15 is 0 Å². The lowest BCUT2D eigenvalue weighted by molar-refractivity contribution is 0.0600. The lowest BCUT2D eigenvalue weighted by atomic mass is 10.0. The molecule has 0 atom stereocenters. The van der Waals surface area contributed by atoms with Crippen LogP contribution in [0.3, 0.4) is 0 Å². The number of ether oxygens (including phenoxy) is 1. The molecule has 1 N–H and O–H groups in total. The number of carbonyl (C=O) groups excluding carboxylic acids is 1. The number of aromatic carboxylic acids is 1. The fraction of sp³-hybridized carbons (Fsp3) is 0.0556. The maximum Gasteiger partial charge on any atom is 0.338 e. The van der Waals surface area contributed by atoms with Gasteiger partial charge in [-0.15, -0.1) is 0 Å². The summed E-state index contributed by atoms with van der Waals surface area (Å²) in [5.74, 6) is -1.53. The summed E-state index contributed by atoms with van der Waals surface area (Å²) < 4.78 is 4.78. The van der Waals surface area contributed by atoms with Crippen LogP contribution in [-0.2, 0) is 4.74 Å². The molecule has 0 bridgehead atoms. The standard InChI is InChI=1S/C18H13NO4/c1-23-18(22)13-8-3-2-6-11(13)16-10-14(17(20)21)12-7-4-5-9-15(12)19-16/h2-10H,1H3,(H,20,21). The third-order valence-electron chi connectivity index (χ3n) is 3.55. The Morgan fingerprint density at radius 3 is 2.43 bits per heavy atom. The number of pyridine rings is 1. The first kappa shape index (κ1) is 14.7. The van der Waals surface area contributed by atoms with E-state index in [1.165, 1.54) is 13.2 Å². The molecule has 1 aromatic heterocycles. The van der Waals surface area contributed by atoms with Crippen molar-refractivity contribution < 1.29 is 19.4 Å². The van der Waals surface area contributed by atoms with Crippen molar-refractivity contribution in [2.24, 2.45) is 0 Å². The van der Waals surface area contributed by atoms with E-state index in [1.54, 1.807) is 48.5 Å². The average Bonchev–Trinajstić information content (AvgIpc) is 2.60. The summed E-state index contributed by atoms with van der Waals surface area (Å²) in [6.45, 7) is 0. The minimum absolute atomic E-state index is 0.144. The molecule has 0 amide bonds. The van der Waals surface area contributed by atoms with Crippen molar-refractivity contribution in [3.05, 3.63) is 65.7 Å². The number of para-hydroxylation sites is 1. The molecule has 5 heteroatoms. The normalized spacial score (nSPS) is 10.5. The molecule has 0 aliphatic carbocycles. The van der Waals surface area contributed by atoms with E-state index < -0.39 is 11.9 Å². The SMILES string of the molecule is COC(=O)c1ccccc1-c1cc(C(=O)O)c2ccccc2n1. The molecular formula is C18H13NO4. The Morgan fingerprint density at radius 2 is 1.70 bits per heavy atom. The van der Waals surface area contributed by atoms with E-state index in [1.807, 2.05) is 0 Å². The van der Waals surface area contributed by atoms with Gasteiger partial charge in [0, 0.05) is 10.9 Å². The van der Waals surface area contributed by atoms with Gasteiger partial charge in [-0.1, -0.05) is 36.4 Å². The van der Waals surface area contributed by atoms with Gasteiger partial charge in [-0.3, -0.25) is 0 Å². The topological polar surface area (TPSA) is 76.5 Å². The molecule has 114 valence electrons. The quantitative estimate of drug-likeness (QED) is 0.751. The van der Waals surface area contributed by atoms with E-state index in [0.717, 1.165) is 0 Å². The minimum Gasteiger partial charge on any atom is -0.478 e. The molecule has 0 spiro atoms. The highest BCUT2D eigenvalue weighted by Crippen LogP contribution is 2.27. The maximum absolute atomic E-state index is 11.9. The van der Waals surface area contributed by atoms with Crippen LogP contribution in [0.25, 0.3) is 22.2 Å². The Kier molecular flexibility index (Phi) is 3.76. The molecule has 2 aromatic carbocycles. The van der Waals surface area contributed by atoms with Crippen LogP contribution >= 0.6 is 0 Å². The molecule has 0 saturated heterocycles. The number of hydrogen-bond donors (Lipinski definition) is 1. The number of benzene rings is 2. The highest BCUT2D eigenvalue weighted by atomic mass is 16.5. The van der Waals surface area contributed by atoms with Gasteiger partial charge in [0.2, 0.25) is 0 Å². The summed E-state index contributed by atoms with van der Waals surface area (Å²) in [5, 5.41) is 10.0. The zero-order valence-electron chi connectivity index (χ0n) is 12.3. The van der Waals surface area contributed by atoms with Gasteiger partial charge in [0.05, 0.1) is 29.4 Å². The van der Waals surface area contributed by atoms with Crippen LogP contribution in [0.4, 0.5) is 0 Å². The fourth-order valence-corrected chi connectivity index (χ4v) is 2.48. The van der Waals surface area contributed by atoms with Crippen molar-refractivity contribution in [3.63, 3.8) is 0 Å². The van der Waals surface area contributed by atoms with Crippen LogP contribution in [0.2, 0.25) is 0 Å². The number of methoxy groups -OCH3 is 1. The summed E-state index contributed by atoms with van der Waals surface area (Å²) in [4.78, 5) is 28.0. The lowest BCUT2D eigenvalue weighted by Gasteiger charge is -2.10. The monoisotopic (exact) mass is 307 g/mol. The Labute approximate surface area is 132 Å². The molecule has 3 aromatic rings. The Morgan fingerprint density at radius 1 is 1.00 bits per heavy atom. The molecular weight excluding hydrogens is 294 g/mol. The third-order valence-corrected chi connectivity index (χ3v) is 3.55. The smallest absolute Gasteiger partial charge is 0.338 e. The number of rotatable bonds is 3. The van der Waals surface area contributed by atoms with Crippen molar-refractivity contribution >= 4 is 22.8 Å². The number of nitrogens with zero attached hydrogens (tertiary/aromatic N) is 1. The third kappa shape index (κ3) is 2.64. The van der Waals surface area contributed by atoms with Gasteiger partial charge in [0.1, 0.15) is 0 Å². The Balaban J connectivity index is 2.30. The molecule has 0 saturated carbocycles. The van der Waals surface area contributed by atoms with E-state index in [2.05, 4.69) is 4.98 Å². The molecule has 3 rings (SSSR count). The summed E-state index contributed by atoms with van der Waals surface area (Å²) in [6.07, 6.45) is 0. The maximum atomic E-state index is 11.9. The van der Waals surface area contributed by atoms with E-state index in [0.29, 0.717) is 27.7 Å². The van der Waals surface area contributed by atoms with Crippen LogP contribution in [0.15, 0.2) is 54.6 Å². The molecule has 0 unspecified atom stereocenters. The van der Waals surface area contributed by atoms with Gasteiger partial charge in [0.25, 0.3) is 0 Å². The lowest BCUT2D eigenvalue weighted by Crippen LogP contribution is -2.05. The van der Waals surface area contributed by atoms with E-state index in [4.69, 9.17) is 4.74 Å². The van der Waals surface area contributed by atoms with Crippen molar-refractivity contribution in [1.82, 2.24) is 4.98 Å². The second-order valence-electron chi connectivity index (χ2n) is 4.91. The van der Waals surface area contributed by atoms with Crippen molar-refractivity contribution in [3.8, 4) is 11.3 Å². The fourth-order valence-electron chi connectivity index (χ4n) is 2.48. The summed E-state index contributed by atoms with van der Waals surface area (Å²) in [6, 6.07) is 15.3. The molecule has 0 aliphatic rings. The van der Waals surface area contributed by atoms with Gasteiger partial charge >= 0.3 is 11.9 Å². The van der Waals surface area contributed by atoms with Crippen molar-refractivity contribution in [2.45, 2.75) is 0 Å². The van der Waals surface area contributed by atoms with Crippen LogP contribution < -0.4 is 0 Å². The first-order chi connectivity index (χ1) is 11.1. The first-order valence-electron chi connectivity index (χ1n) is 6.92. The van der Waals surface area contributed by atoms with Gasteiger partial charge in [0.15, 0.2) is 0 Å². The highest BCUT2D eigenvalue weighted by Gasteiger charge is 2.17. The molecule has 0 fully saturated rings. The number of carbonyl (C=O) groups is 2. The first-order valence-corrected chi connectivity index (χ1v) is 6.92. The highest BCUT2D eigenvalue weighted by molar-refractivity contribution is 6.05. The average molecular weight is 307 g/mol. The number of aromatic nitrogens is 1. The van der Waals surface area contributed by atoms with Crippen molar-refractivity contribution in [1.29, 1.82) is 0 Å². The summed E-state index contributed by atoms with van der Waals surface area (Å²) in [7, 11) is 1.30. The van der Waals surface area contributed by atoms with Gasteiger partial charge in [-0.25, -0.2) is 14.6 Å². The van der Waals surface area contributed by atoms with Gasteiger partial charge in [-0.05, 0) is 18.2 Å². The van der Waals surface area contributed by atoms with Gasteiger partial charge < -0.3 is 9.84 Å². The van der Waals surface area contributed by atoms with Crippen molar-refractivity contribution in [2.75, 3.05) is 7.11 Å². The zero-order valence-corrected chi connectivity index (χ0v) is 12.3. The number of carboxylic acids is 1. The Bertz CT molecular complexity index is 918. The largest absolute Gasteiger partial charge is 0.478 e. The van der Waals surface area contributed by atoms with Crippen LogP contribution in [0.1, 0.15) is 20.7 Å². The Hall–Kier alpha value is -3.21. The zero-order chi connectivity index (χ0) is 16.4. The predicted molar refractivity (Wildman–Crippen MR) is 85.5 cm³/mol. The van der Waals surface area contributed by atoms with Gasteiger partial charge in [-0.2, -0.15) is 0 Å². The molecule has 5 nitrogen and oxygen atoms in total. The van der Waals surface area contributed by atoms with Crippen LogP contribution in [0.5, 0.6) is 0 Å². The van der Waals surface area contributed by atoms with Crippen LogP contribution in [0, 0.1) is 0 Å². The van der Waals surface area contributed by atoms with E-state index in [9.17, 15) is 14.7 Å². The number of fused-ring (bicyclic) bond motifs is 1. The molecule has 0 aliphatic heterocycles. The number of carboxylic acid groups (broad SMARTS) is 1. The molecule has 23 heavy (non-hydrogen) atoms. The number of hydrogen-bond acceptors (Lipinski definition) is 4. The second kappa shape index (κ2) is 5.88. The predicted octanol–water partition coefficient (Wildman–Crippen LogP) is 3.39. The molecule has 0 radical (unpaired) electrons. The summed E-state index contributed by atoms with van der Waals surface area (Å²) in [5.41, 5.74) is 2.00. The van der Waals surface area contributed by atoms with Crippen LogP contribution in [-0.4, -0.2) is 29.1 Å². The molecule has 1 heterocycles. The minimum atomic E-state index is -1.04. The van der Waals surface area contributed by atoms with E-state index in [-0.39, 0.29) is 5.56 Å². The number of esters is 1. The second-order valence-corrected chi connectivity index (χ2v) is 4.91. The summed E-state index contributed by atoms with van der Waals surface area (Å²) >= 11 is 0.